The van der Waals surface area contributed by atoms with Gasteiger partial charge in [-0.1, -0.05) is 91.8 Å². The van der Waals surface area contributed by atoms with E-state index in [2.05, 4.69) is 13.8 Å². The van der Waals surface area contributed by atoms with Crippen LogP contribution in [0.1, 0.15) is 19.4 Å². The maximum Gasteiger partial charge on any atom is 0.310 e. The molecule has 0 unspecified atom stereocenters. The topological polar surface area (TPSA) is 35.5 Å². The van der Waals surface area contributed by atoms with Crippen molar-refractivity contribution in [2.45, 2.75) is 25.3 Å². The summed E-state index contributed by atoms with van der Waals surface area (Å²) in [7, 11) is 0. The Morgan fingerprint density at radius 3 is 2.34 bits per heavy atom. The summed E-state index contributed by atoms with van der Waals surface area (Å²) in [4.78, 5) is 13.9. The highest BCUT2D eigenvalue weighted by atomic mass is 35.5. The van der Waals surface area contributed by atoms with Crippen molar-refractivity contribution in [2.75, 3.05) is 0 Å². The molecule has 0 aromatic heterocycles. The largest absolute Gasteiger partial charge is 0.461 e. The Kier molecular flexibility index (Phi) is 6.92. The number of hydrogen-bond acceptors (Lipinski definition) is 4. The second kappa shape index (κ2) is 9.85. The molecule has 1 fully saturated rings. The number of allylic oxidation sites excluding steroid dienone is 1. The lowest BCUT2D eigenvalue weighted by Crippen LogP contribution is -2.10. The van der Waals surface area contributed by atoms with E-state index >= 15 is 0 Å². The maximum atomic E-state index is 12.8. The summed E-state index contributed by atoms with van der Waals surface area (Å²) in [5, 5.41) is 0. The summed E-state index contributed by atoms with van der Waals surface area (Å²) in [6.45, 7) is 4.36. The minimum absolute atomic E-state index is 0.0615. The average Bonchev–Trinajstić information content (AvgIpc) is 3.33. The monoisotopic (exact) mass is 464 g/mol. The normalized spacial score (nSPS) is 19.3. The second-order valence-corrected chi connectivity index (χ2v) is 10.1. The lowest BCUT2D eigenvalue weighted by Gasteiger charge is -2.09. The van der Waals surface area contributed by atoms with Crippen LogP contribution in [0.5, 0.6) is 11.5 Å². The molecule has 3 nitrogen and oxygen atoms in total. The smallest absolute Gasteiger partial charge is 0.310 e. The number of esters is 1. The van der Waals surface area contributed by atoms with E-state index in [0.29, 0.717) is 10.1 Å². The molecule has 2 atom stereocenters. The van der Waals surface area contributed by atoms with Gasteiger partial charge in [-0.2, -0.15) is 0 Å². The van der Waals surface area contributed by atoms with Gasteiger partial charge in [0.05, 0.1) is 10.3 Å². The van der Waals surface area contributed by atoms with E-state index in [1.165, 1.54) is 11.8 Å². The van der Waals surface area contributed by atoms with Crippen molar-refractivity contribution in [3.05, 3.63) is 101 Å². The minimum atomic E-state index is -0.198. The Morgan fingerprint density at radius 1 is 0.969 bits per heavy atom. The van der Waals surface area contributed by atoms with Gasteiger partial charge in [0.15, 0.2) is 0 Å². The standard InChI is InChI=1S/C27H25ClO3S/c1-27(2)23(17-24(28)32-22-14-7-4-8-15-22)25(27)26(29)30-18-19-10-9-13-21(16-19)31-20-11-5-3-6-12-20/h3-17,23,25H,18H2,1-2H3/b24-17-/t23-,25-/m0/s1. The highest BCUT2D eigenvalue weighted by Crippen LogP contribution is 2.60. The van der Waals surface area contributed by atoms with Gasteiger partial charge in [0.2, 0.25) is 0 Å². The van der Waals surface area contributed by atoms with Gasteiger partial charge < -0.3 is 9.47 Å². The van der Waals surface area contributed by atoms with E-state index in [-0.39, 0.29) is 29.8 Å². The van der Waals surface area contributed by atoms with Crippen molar-refractivity contribution in [3.63, 3.8) is 0 Å². The summed E-state index contributed by atoms with van der Waals surface area (Å²) < 4.78 is 12.2. The second-order valence-electron chi connectivity index (χ2n) is 8.38. The van der Waals surface area contributed by atoms with Crippen LogP contribution in [0.25, 0.3) is 0 Å². The number of thioether (sulfide) groups is 1. The average molecular weight is 465 g/mol. The Morgan fingerprint density at radius 2 is 1.62 bits per heavy atom. The first-order valence-corrected chi connectivity index (χ1v) is 11.7. The lowest BCUT2D eigenvalue weighted by molar-refractivity contribution is -0.147. The predicted octanol–water partition coefficient (Wildman–Crippen LogP) is 7.67. The van der Waals surface area contributed by atoms with Crippen LogP contribution in [0.2, 0.25) is 0 Å². The summed E-state index contributed by atoms with van der Waals surface area (Å²) in [5.41, 5.74) is 0.710. The van der Waals surface area contributed by atoms with Crippen LogP contribution in [-0.4, -0.2) is 5.97 Å². The molecule has 32 heavy (non-hydrogen) atoms. The molecule has 0 radical (unpaired) electrons. The van der Waals surface area contributed by atoms with Gasteiger partial charge in [-0.3, -0.25) is 4.79 Å². The zero-order valence-corrected chi connectivity index (χ0v) is 19.6. The predicted molar refractivity (Wildman–Crippen MR) is 130 cm³/mol. The molecule has 1 aliphatic carbocycles. The van der Waals surface area contributed by atoms with Crippen molar-refractivity contribution in [2.24, 2.45) is 17.3 Å². The molecule has 5 heteroatoms. The van der Waals surface area contributed by atoms with Crippen LogP contribution in [0, 0.1) is 17.3 Å². The van der Waals surface area contributed by atoms with E-state index in [1.54, 1.807) is 0 Å². The summed E-state index contributed by atoms with van der Waals surface area (Å²) in [6, 6.07) is 27.2. The Hall–Kier alpha value is -2.69. The molecule has 3 aromatic carbocycles. The van der Waals surface area contributed by atoms with Crippen LogP contribution < -0.4 is 4.74 Å². The van der Waals surface area contributed by atoms with Crippen LogP contribution in [0.4, 0.5) is 0 Å². The van der Waals surface area contributed by atoms with E-state index in [9.17, 15) is 4.79 Å². The fraction of sp³-hybridized carbons (Fsp3) is 0.222. The zero-order valence-electron chi connectivity index (χ0n) is 18.0. The van der Waals surface area contributed by atoms with E-state index < -0.39 is 0 Å². The number of hydrogen-bond donors (Lipinski definition) is 0. The third-order valence-corrected chi connectivity index (χ3v) is 6.89. The lowest BCUT2D eigenvalue weighted by atomic mass is 10.1. The number of para-hydroxylation sites is 1. The first-order valence-electron chi connectivity index (χ1n) is 10.5. The van der Waals surface area contributed by atoms with Gasteiger partial charge in [-0.25, -0.2) is 0 Å². The van der Waals surface area contributed by atoms with Gasteiger partial charge in [-0.15, -0.1) is 0 Å². The van der Waals surface area contributed by atoms with Crippen molar-refractivity contribution >= 4 is 29.3 Å². The van der Waals surface area contributed by atoms with Crippen LogP contribution in [0.15, 0.2) is 100 Å². The van der Waals surface area contributed by atoms with Crippen molar-refractivity contribution in [3.8, 4) is 11.5 Å². The molecule has 164 valence electrons. The van der Waals surface area contributed by atoms with Crippen molar-refractivity contribution < 1.29 is 14.3 Å². The van der Waals surface area contributed by atoms with Gasteiger partial charge >= 0.3 is 5.97 Å². The molecule has 0 aliphatic heterocycles. The number of rotatable bonds is 8. The molecule has 3 aromatic rings. The van der Waals surface area contributed by atoms with Crippen LogP contribution in [-0.2, 0) is 16.1 Å². The molecule has 0 N–H and O–H groups in total. The molecule has 4 rings (SSSR count). The highest BCUT2D eigenvalue weighted by Gasteiger charge is 2.61. The molecule has 0 bridgehead atoms. The van der Waals surface area contributed by atoms with Crippen molar-refractivity contribution in [1.82, 2.24) is 0 Å². The first kappa shape index (κ1) is 22.5. The first-order chi connectivity index (χ1) is 15.4. The van der Waals surface area contributed by atoms with E-state index in [1.807, 2.05) is 91.0 Å². The Labute approximate surface area is 198 Å². The quantitative estimate of drug-likeness (QED) is 0.253. The molecule has 0 heterocycles. The molecule has 1 saturated carbocycles. The zero-order chi connectivity index (χ0) is 22.6. The molecular weight excluding hydrogens is 440 g/mol. The summed E-state index contributed by atoms with van der Waals surface area (Å²) >= 11 is 7.96. The van der Waals surface area contributed by atoms with Gasteiger partial charge in [-0.05, 0) is 53.3 Å². The number of carbonyl (C=O) groups excluding carboxylic acids is 1. The maximum absolute atomic E-state index is 12.8. The van der Waals surface area contributed by atoms with Crippen molar-refractivity contribution in [1.29, 1.82) is 0 Å². The fourth-order valence-electron chi connectivity index (χ4n) is 3.78. The highest BCUT2D eigenvalue weighted by molar-refractivity contribution is 8.04. The SMILES string of the molecule is CC1(C)[C@H](C(=O)OCc2cccc(Oc3ccccc3)c2)[C@@H]1/C=C(/Cl)Sc1ccccc1. The Balaban J connectivity index is 1.34. The van der Waals surface area contributed by atoms with E-state index in [0.717, 1.165) is 16.2 Å². The van der Waals surface area contributed by atoms with Gasteiger partial charge in [0.1, 0.15) is 18.1 Å². The third kappa shape index (κ3) is 5.56. The number of ether oxygens (including phenoxy) is 2. The molecule has 0 saturated heterocycles. The summed E-state index contributed by atoms with van der Waals surface area (Å²) in [5.74, 6) is 1.14. The third-order valence-electron chi connectivity index (χ3n) is 5.69. The minimum Gasteiger partial charge on any atom is -0.461 e. The number of halogens is 1. The van der Waals surface area contributed by atoms with Gasteiger partial charge in [0.25, 0.3) is 0 Å². The fourth-order valence-corrected chi connectivity index (χ4v) is 4.92. The summed E-state index contributed by atoms with van der Waals surface area (Å²) in [6.07, 6.45) is 1.99. The van der Waals surface area contributed by atoms with Gasteiger partial charge in [0, 0.05) is 4.90 Å². The van der Waals surface area contributed by atoms with Crippen LogP contribution >= 0.6 is 23.4 Å². The van der Waals surface area contributed by atoms with E-state index in [4.69, 9.17) is 21.1 Å². The molecule has 0 amide bonds. The molecule has 1 aliphatic rings. The number of carbonyl (C=O) groups is 1. The van der Waals surface area contributed by atoms with Crippen LogP contribution in [0.3, 0.4) is 0 Å². The molecular formula is C27H25ClO3S. The molecule has 0 spiro atoms. The number of benzene rings is 3. The Bertz CT molecular complexity index is 1100.